The number of carbonyl (C=O) groups is 1. The van der Waals surface area contributed by atoms with E-state index < -0.39 is 0 Å². The molecule has 5 heteroatoms. The van der Waals surface area contributed by atoms with Gasteiger partial charge in [-0.3, -0.25) is 4.79 Å². The number of aromatic nitrogens is 2. The van der Waals surface area contributed by atoms with Crippen molar-refractivity contribution < 1.29 is 9.53 Å². The van der Waals surface area contributed by atoms with Crippen molar-refractivity contribution in [1.29, 1.82) is 0 Å². The largest absolute Gasteiger partial charge is 0.494 e. The van der Waals surface area contributed by atoms with Crippen molar-refractivity contribution in [1.82, 2.24) is 14.9 Å². The molecule has 0 fully saturated rings. The third-order valence-corrected chi connectivity index (χ3v) is 5.27. The first-order valence-corrected chi connectivity index (χ1v) is 11.1. The van der Waals surface area contributed by atoms with Gasteiger partial charge in [0.1, 0.15) is 11.6 Å². The SMILES string of the molecule is C=C(C)C(=O)NCCCCCc1nc2ccccc2n1CCCOc1cccc(C)c1. The Labute approximate surface area is 185 Å². The number of unbranched alkanes of at least 4 members (excludes halogenated alkanes) is 2. The molecule has 1 N–H and O–H groups in total. The van der Waals surface area contributed by atoms with Gasteiger partial charge in [-0.1, -0.05) is 37.3 Å². The van der Waals surface area contributed by atoms with Crippen LogP contribution in [0.15, 0.2) is 60.7 Å². The Morgan fingerprint density at radius 1 is 1.10 bits per heavy atom. The fourth-order valence-corrected chi connectivity index (χ4v) is 3.62. The average Bonchev–Trinajstić information content (AvgIpc) is 3.11. The summed E-state index contributed by atoms with van der Waals surface area (Å²) in [5.74, 6) is 1.99. The number of nitrogens with one attached hydrogen (secondary N) is 1. The molecule has 0 radical (unpaired) electrons. The van der Waals surface area contributed by atoms with Gasteiger partial charge in [0.25, 0.3) is 0 Å². The maximum absolute atomic E-state index is 11.5. The molecule has 0 saturated carbocycles. The fourth-order valence-electron chi connectivity index (χ4n) is 3.62. The monoisotopic (exact) mass is 419 g/mol. The van der Waals surface area contributed by atoms with Crippen LogP contribution >= 0.6 is 0 Å². The maximum Gasteiger partial charge on any atom is 0.246 e. The zero-order chi connectivity index (χ0) is 22.1. The molecular formula is C26H33N3O2. The molecule has 0 spiro atoms. The number of para-hydroxylation sites is 2. The molecule has 0 saturated heterocycles. The van der Waals surface area contributed by atoms with Crippen molar-refractivity contribution in [3.05, 3.63) is 72.1 Å². The third kappa shape index (κ3) is 6.71. The van der Waals surface area contributed by atoms with Crippen molar-refractivity contribution in [3.8, 4) is 5.75 Å². The van der Waals surface area contributed by atoms with Gasteiger partial charge in [-0.25, -0.2) is 4.98 Å². The van der Waals surface area contributed by atoms with Crippen LogP contribution < -0.4 is 10.1 Å². The molecule has 31 heavy (non-hydrogen) atoms. The summed E-state index contributed by atoms with van der Waals surface area (Å²) in [6.45, 7) is 9.72. The normalized spacial score (nSPS) is 10.9. The van der Waals surface area contributed by atoms with Crippen molar-refractivity contribution in [2.24, 2.45) is 0 Å². The van der Waals surface area contributed by atoms with Gasteiger partial charge >= 0.3 is 0 Å². The summed E-state index contributed by atoms with van der Waals surface area (Å²) in [6.07, 6.45) is 4.92. The van der Waals surface area contributed by atoms with E-state index in [2.05, 4.69) is 53.7 Å². The summed E-state index contributed by atoms with van der Waals surface area (Å²) in [4.78, 5) is 16.4. The molecule has 1 heterocycles. The van der Waals surface area contributed by atoms with E-state index in [0.717, 1.165) is 55.7 Å². The van der Waals surface area contributed by atoms with Crippen LogP contribution in [-0.4, -0.2) is 28.6 Å². The summed E-state index contributed by atoms with van der Waals surface area (Å²) < 4.78 is 8.26. The standard InChI is InChI=1S/C26H33N3O2/c1-20(2)26(30)27-16-8-4-5-15-25-28-23-13-6-7-14-24(23)29(25)17-10-18-31-22-12-9-11-21(3)19-22/h6-7,9,11-14,19H,1,4-5,8,10,15-18H2,2-3H3,(H,27,30). The van der Waals surface area contributed by atoms with Crippen LogP contribution in [0.4, 0.5) is 0 Å². The van der Waals surface area contributed by atoms with Gasteiger partial charge in [0.15, 0.2) is 0 Å². The number of amides is 1. The topological polar surface area (TPSA) is 56.2 Å². The van der Waals surface area contributed by atoms with Crippen LogP contribution in [0.5, 0.6) is 5.75 Å². The Bertz CT molecular complexity index is 1020. The quantitative estimate of drug-likeness (QED) is 0.323. The van der Waals surface area contributed by atoms with Crippen LogP contribution in [0.2, 0.25) is 0 Å². The van der Waals surface area contributed by atoms with Gasteiger partial charge in [0.2, 0.25) is 5.91 Å². The molecule has 0 aliphatic rings. The van der Waals surface area contributed by atoms with Crippen molar-refractivity contribution in [2.75, 3.05) is 13.2 Å². The van der Waals surface area contributed by atoms with E-state index in [1.807, 2.05) is 18.2 Å². The van der Waals surface area contributed by atoms with Gasteiger partial charge in [-0.2, -0.15) is 0 Å². The average molecular weight is 420 g/mol. The molecule has 5 nitrogen and oxygen atoms in total. The van der Waals surface area contributed by atoms with Crippen LogP contribution in [0.3, 0.4) is 0 Å². The molecule has 0 unspecified atom stereocenters. The Morgan fingerprint density at radius 2 is 1.94 bits per heavy atom. The fraction of sp³-hybridized carbons (Fsp3) is 0.385. The van der Waals surface area contributed by atoms with Crippen LogP contribution in [-0.2, 0) is 17.8 Å². The molecule has 164 valence electrons. The number of benzene rings is 2. The summed E-state index contributed by atoms with van der Waals surface area (Å²) in [5, 5.41) is 2.89. The van der Waals surface area contributed by atoms with E-state index in [4.69, 9.17) is 9.72 Å². The Balaban J connectivity index is 1.51. The van der Waals surface area contributed by atoms with Gasteiger partial charge in [-0.15, -0.1) is 0 Å². The first kappa shape index (κ1) is 22.6. The van der Waals surface area contributed by atoms with E-state index in [-0.39, 0.29) is 5.91 Å². The zero-order valence-electron chi connectivity index (χ0n) is 18.7. The van der Waals surface area contributed by atoms with E-state index in [1.165, 1.54) is 11.1 Å². The molecular weight excluding hydrogens is 386 g/mol. The molecule has 1 aromatic heterocycles. The predicted molar refractivity (Wildman–Crippen MR) is 126 cm³/mol. The van der Waals surface area contributed by atoms with E-state index in [0.29, 0.717) is 18.7 Å². The number of rotatable bonds is 12. The third-order valence-electron chi connectivity index (χ3n) is 5.27. The maximum atomic E-state index is 11.5. The van der Waals surface area contributed by atoms with Crippen molar-refractivity contribution in [3.63, 3.8) is 0 Å². The number of nitrogens with zero attached hydrogens (tertiary/aromatic N) is 2. The lowest BCUT2D eigenvalue weighted by Gasteiger charge is -2.11. The highest BCUT2D eigenvalue weighted by molar-refractivity contribution is 5.92. The lowest BCUT2D eigenvalue weighted by Crippen LogP contribution is -2.24. The van der Waals surface area contributed by atoms with Crippen molar-refractivity contribution in [2.45, 2.75) is 52.5 Å². The smallest absolute Gasteiger partial charge is 0.246 e. The molecule has 0 aliphatic heterocycles. The zero-order valence-corrected chi connectivity index (χ0v) is 18.7. The highest BCUT2D eigenvalue weighted by Gasteiger charge is 2.10. The minimum atomic E-state index is -0.0605. The lowest BCUT2D eigenvalue weighted by molar-refractivity contribution is -0.117. The molecule has 3 rings (SSSR count). The number of imidazole rings is 1. The first-order valence-electron chi connectivity index (χ1n) is 11.1. The molecule has 3 aromatic rings. The number of hydrogen-bond donors (Lipinski definition) is 1. The lowest BCUT2D eigenvalue weighted by atomic mass is 10.2. The van der Waals surface area contributed by atoms with Gasteiger partial charge in [0.05, 0.1) is 17.6 Å². The van der Waals surface area contributed by atoms with E-state index in [9.17, 15) is 4.79 Å². The van der Waals surface area contributed by atoms with E-state index in [1.54, 1.807) is 6.92 Å². The molecule has 0 aliphatic carbocycles. The number of hydrogen-bond acceptors (Lipinski definition) is 3. The van der Waals surface area contributed by atoms with Crippen LogP contribution in [0.1, 0.15) is 44.0 Å². The number of aryl methyl sites for hydroxylation is 3. The minimum absolute atomic E-state index is 0.0605. The summed E-state index contributed by atoms with van der Waals surface area (Å²) in [6, 6.07) is 16.5. The van der Waals surface area contributed by atoms with E-state index >= 15 is 0 Å². The molecule has 0 bridgehead atoms. The first-order chi connectivity index (χ1) is 15.0. The summed E-state index contributed by atoms with van der Waals surface area (Å²) >= 11 is 0. The number of ether oxygens (including phenoxy) is 1. The highest BCUT2D eigenvalue weighted by Crippen LogP contribution is 2.19. The molecule has 0 atom stereocenters. The number of fused-ring (bicyclic) bond motifs is 1. The second kappa shape index (κ2) is 11.3. The predicted octanol–water partition coefficient (Wildman–Crippen LogP) is 5.22. The van der Waals surface area contributed by atoms with Crippen LogP contribution in [0.25, 0.3) is 11.0 Å². The summed E-state index contributed by atoms with van der Waals surface area (Å²) in [5.41, 5.74) is 3.99. The highest BCUT2D eigenvalue weighted by atomic mass is 16.5. The Kier molecular flexibility index (Phi) is 8.27. The van der Waals surface area contributed by atoms with Crippen LogP contribution in [0, 0.1) is 6.92 Å². The molecule has 1 amide bonds. The Hall–Kier alpha value is -3.08. The molecule has 2 aromatic carbocycles. The van der Waals surface area contributed by atoms with Gasteiger partial charge in [0, 0.05) is 25.1 Å². The summed E-state index contributed by atoms with van der Waals surface area (Å²) in [7, 11) is 0. The van der Waals surface area contributed by atoms with Gasteiger partial charge < -0.3 is 14.6 Å². The Morgan fingerprint density at radius 3 is 2.74 bits per heavy atom. The second-order valence-corrected chi connectivity index (χ2v) is 8.03. The number of carbonyl (C=O) groups excluding carboxylic acids is 1. The minimum Gasteiger partial charge on any atom is -0.494 e. The van der Waals surface area contributed by atoms with Gasteiger partial charge in [-0.05, 0) is 62.9 Å². The van der Waals surface area contributed by atoms with Crippen molar-refractivity contribution >= 4 is 16.9 Å². The second-order valence-electron chi connectivity index (χ2n) is 8.03.